The molecule has 7 nitrogen and oxygen atoms in total. The zero-order valence-corrected chi connectivity index (χ0v) is 19.3. The molecule has 3 aromatic rings. The number of anilines is 1. The summed E-state index contributed by atoms with van der Waals surface area (Å²) in [7, 11) is -2.73. The Morgan fingerprint density at radius 2 is 1.76 bits per heavy atom. The van der Waals surface area contributed by atoms with Gasteiger partial charge in [-0.15, -0.1) is 0 Å². The molecule has 0 atom stereocenters. The second-order valence-corrected chi connectivity index (χ2v) is 8.82. The number of halogens is 1. The van der Waals surface area contributed by atoms with Crippen LogP contribution in [0.25, 0.3) is 6.08 Å². The van der Waals surface area contributed by atoms with Gasteiger partial charge in [0.2, 0.25) is 0 Å². The van der Waals surface area contributed by atoms with Gasteiger partial charge in [-0.1, -0.05) is 47.5 Å². The fourth-order valence-electron chi connectivity index (χ4n) is 2.78. The van der Waals surface area contributed by atoms with Gasteiger partial charge < -0.3 is 14.2 Å². The normalized spacial score (nSPS) is 11.4. The highest BCUT2D eigenvalue weighted by Gasteiger charge is 2.19. The number of amides is 1. The molecule has 1 amide bonds. The van der Waals surface area contributed by atoms with E-state index in [0.29, 0.717) is 16.3 Å². The van der Waals surface area contributed by atoms with Gasteiger partial charge in [-0.25, -0.2) is 0 Å². The number of methoxy groups -OCH3 is 1. The molecule has 0 aromatic heterocycles. The fourth-order valence-corrected chi connectivity index (χ4v) is 3.90. The van der Waals surface area contributed by atoms with E-state index in [-0.39, 0.29) is 22.0 Å². The highest BCUT2D eigenvalue weighted by Crippen LogP contribution is 2.31. The van der Waals surface area contributed by atoms with E-state index >= 15 is 0 Å². The first kappa shape index (κ1) is 23.9. The fraction of sp³-hybridized carbons (Fsp3) is 0.0833. The van der Waals surface area contributed by atoms with Crippen molar-refractivity contribution < 1.29 is 22.1 Å². The number of aryl methyl sites for hydroxylation is 1. The summed E-state index contributed by atoms with van der Waals surface area (Å²) in [5, 5.41) is 12.3. The number of ether oxygens (including phenoxy) is 1. The average molecular weight is 483 g/mol. The van der Waals surface area contributed by atoms with Crippen molar-refractivity contribution >= 4 is 39.4 Å². The second kappa shape index (κ2) is 10.2. The third-order valence-electron chi connectivity index (χ3n) is 4.49. The largest absolute Gasteiger partial charge is 0.493 e. The Balaban J connectivity index is 1.85. The molecule has 33 heavy (non-hydrogen) atoms. The van der Waals surface area contributed by atoms with E-state index in [4.69, 9.17) is 20.5 Å². The number of carbonyl (C=O) groups is 1. The van der Waals surface area contributed by atoms with Gasteiger partial charge >= 0.3 is 10.1 Å². The highest BCUT2D eigenvalue weighted by atomic mass is 35.5. The van der Waals surface area contributed by atoms with Crippen molar-refractivity contribution in [3.8, 4) is 17.6 Å². The van der Waals surface area contributed by atoms with Crippen molar-refractivity contribution in [1.29, 1.82) is 5.26 Å². The maximum atomic E-state index is 12.6. The van der Waals surface area contributed by atoms with E-state index in [0.717, 1.165) is 5.56 Å². The van der Waals surface area contributed by atoms with Gasteiger partial charge in [0, 0.05) is 0 Å². The molecule has 0 radical (unpaired) electrons. The van der Waals surface area contributed by atoms with E-state index in [2.05, 4.69) is 5.32 Å². The number of carbonyl (C=O) groups excluding carboxylic acids is 1. The maximum Gasteiger partial charge on any atom is 0.339 e. The Bertz CT molecular complexity index is 1360. The van der Waals surface area contributed by atoms with Crippen LogP contribution in [0.3, 0.4) is 0 Å². The molecule has 0 spiro atoms. The summed E-state index contributed by atoms with van der Waals surface area (Å²) in [4.78, 5) is 12.5. The highest BCUT2D eigenvalue weighted by molar-refractivity contribution is 7.87. The van der Waals surface area contributed by atoms with Crippen LogP contribution in [0.5, 0.6) is 11.5 Å². The number of benzene rings is 3. The van der Waals surface area contributed by atoms with Gasteiger partial charge in [0.25, 0.3) is 5.91 Å². The summed E-state index contributed by atoms with van der Waals surface area (Å²) in [6.07, 6.45) is 1.34. The monoisotopic (exact) mass is 482 g/mol. The Hall–Kier alpha value is -3.80. The summed E-state index contributed by atoms with van der Waals surface area (Å²) in [5.74, 6) is -0.565. The molecule has 3 rings (SSSR count). The predicted octanol–water partition coefficient (Wildman–Crippen LogP) is 4.97. The number of hydrogen-bond acceptors (Lipinski definition) is 6. The molecule has 3 aromatic carbocycles. The third kappa shape index (κ3) is 5.92. The minimum atomic E-state index is -4.08. The molecule has 0 aliphatic carbocycles. The SMILES string of the molecule is COc1cc(/C=C(\C#N)C(=O)Nc2ccccc2Cl)ccc1OS(=O)(=O)c1ccc(C)cc1. The lowest BCUT2D eigenvalue weighted by Gasteiger charge is -2.12. The van der Waals surface area contributed by atoms with Crippen molar-refractivity contribution in [3.63, 3.8) is 0 Å². The van der Waals surface area contributed by atoms with Crippen LogP contribution >= 0.6 is 11.6 Å². The summed E-state index contributed by atoms with van der Waals surface area (Å²) in [6, 6.07) is 19.1. The molecule has 0 unspecified atom stereocenters. The van der Waals surface area contributed by atoms with Gasteiger partial charge in [0.1, 0.15) is 16.5 Å². The van der Waals surface area contributed by atoms with Gasteiger partial charge in [-0.2, -0.15) is 13.7 Å². The van der Waals surface area contributed by atoms with Crippen LogP contribution in [0.4, 0.5) is 5.69 Å². The molecule has 0 saturated heterocycles. The number of nitriles is 1. The Kier molecular flexibility index (Phi) is 7.38. The smallest absolute Gasteiger partial charge is 0.339 e. The van der Waals surface area contributed by atoms with Gasteiger partial charge in [0.05, 0.1) is 17.8 Å². The molecule has 0 saturated carbocycles. The van der Waals surface area contributed by atoms with Crippen LogP contribution in [0.15, 0.2) is 77.2 Å². The molecular weight excluding hydrogens is 464 g/mol. The lowest BCUT2D eigenvalue weighted by atomic mass is 10.1. The predicted molar refractivity (Wildman–Crippen MR) is 126 cm³/mol. The molecule has 0 heterocycles. The first-order valence-corrected chi connectivity index (χ1v) is 11.4. The second-order valence-electron chi connectivity index (χ2n) is 6.86. The number of rotatable bonds is 7. The van der Waals surface area contributed by atoms with Crippen LogP contribution in [-0.4, -0.2) is 21.4 Å². The zero-order chi connectivity index (χ0) is 24.0. The van der Waals surface area contributed by atoms with Crippen LogP contribution < -0.4 is 14.2 Å². The van der Waals surface area contributed by atoms with Crippen LogP contribution in [0.2, 0.25) is 5.02 Å². The van der Waals surface area contributed by atoms with Crippen LogP contribution in [0, 0.1) is 18.3 Å². The van der Waals surface area contributed by atoms with Crippen LogP contribution in [-0.2, 0) is 14.9 Å². The van der Waals surface area contributed by atoms with Gasteiger partial charge in [-0.3, -0.25) is 4.79 Å². The van der Waals surface area contributed by atoms with E-state index < -0.39 is 16.0 Å². The van der Waals surface area contributed by atoms with E-state index in [1.54, 1.807) is 36.4 Å². The standard InChI is InChI=1S/C24H19ClN2O5S/c1-16-7-10-19(11-8-16)33(29,30)32-22-12-9-17(14-23(22)31-2)13-18(15-26)24(28)27-21-6-4-3-5-20(21)25/h3-14H,1-2H3,(H,27,28)/b18-13+. The topological polar surface area (TPSA) is 105 Å². The van der Waals surface area contributed by atoms with Crippen molar-refractivity contribution in [2.45, 2.75) is 11.8 Å². The first-order chi connectivity index (χ1) is 15.7. The molecule has 0 bridgehead atoms. The molecule has 0 fully saturated rings. The number of hydrogen-bond donors (Lipinski definition) is 1. The summed E-state index contributed by atoms with van der Waals surface area (Å²) < 4.78 is 35.7. The Labute approximate surface area is 197 Å². The zero-order valence-electron chi connectivity index (χ0n) is 17.7. The van der Waals surface area contributed by atoms with E-state index in [1.165, 1.54) is 43.5 Å². The van der Waals surface area contributed by atoms with Crippen molar-refractivity contribution in [3.05, 3.63) is 88.5 Å². The van der Waals surface area contributed by atoms with Gasteiger partial charge in [0.15, 0.2) is 11.5 Å². The summed E-state index contributed by atoms with van der Waals surface area (Å²) in [6.45, 7) is 1.84. The van der Waals surface area contributed by atoms with Gasteiger partial charge in [-0.05, 0) is 55.0 Å². The Morgan fingerprint density at radius 1 is 1.06 bits per heavy atom. The molecular formula is C24H19ClN2O5S. The van der Waals surface area contributed by atoms with Crippen molar-refractivity contribution in [2.75, 3.05) is 12.4 Å². The lowest BCUT2D eigenvalue weighted by molar-refractivity contribution is -0.112. The minimum Gasteiger partial charge on any atom is -0.493 e. The Morgan fingerprint density at radius 3 is 2.39 bits per heavy atom. The summed E-state index contributed by atoms with van der Waals surface area (Å²) in [5.41, 5.74) is 1.53. The average Bonchev–Trinajstić information content (AvgIpc) is 2.79. The first-order valence-electron chi connectivity index (χ1n) is 9.60. The van der Waals surface area contributed by atoms with E-state index in [1.807, 2.05) is 13.0 Å². The minimum absolute atomic E-state index is 0.00198. The lowest BCUT2D eigenvalue weighted by Crippen LogP contribution is -2.13. The molecule has 1 N–H and O–H groups in total. The number of nitrogens with one attached hydrogen (secondary N) is 1. The third-order valence-corrected chi connectivity index (χ3v) is 6.07. The molecule has 0 aliphatic rings. The van der Waals surface area contributed by atoms with Crippen molar-refractivity contribution in [2.24, 2.45) is 0 Å². The number of nitrogens with zero attached hydrogens (tertiary/aromatic N) is 1. The van der Waals surface area contributed by atoms with Crippen molar-refractivity contribution in [1.82, 2.24) is 0 Å². The molecule has 0 aliphatic heterocycles. The quantitative estimate of drug-likeness (QED) is 0.289. The van der Waals surface area contributed by atoms with Crippen LogP contribution in [0.1, 0.15) is 11.1 Å². The number of para-hydroxylation sites is 1. The molecule has 9 heteroatoms. The molecule has 168 valence electrons. The van der Waals surface area contributed by atoms with E-state index in [9.17, 15) is 18.5 Å². The summed E-state index contributed by atoms with van der Waals surface area (Å²) >= 11 is 6.04. The maximum absolute atomic E-state index is 12.6.